The van der Waals surface area contributed by atoms with Gasteiger partial charge in [-0.15, -0.1) is 0 Å². The molecule has 0 radical (unpaired) electrons. The van der Waals surface area contributed by atoms with Crippen molar-refractivity contribution in [1.82, 2.24) is 0 Å². The third-order valence-corrected chi connectivity index (χ3v) is 3.56. The van der Waals surface area contributed by atoms with E-state index in [0.717, 1.165) is 5.69 Å². The molecule has 0 aliphatic heterocycles. The van der Waals surface area contributed by atoms with Gasteiger partial charge in [0.05, 0.1) is 0 Å². The smallest absolute Gasteiger partial charge is 0.295 e. The van der Waals surface area contributed by atoms with Gasteiger partial charge in [0.2, 0.25) is 6.04 Å². The number of nitrogens with two attached hydrogens (primary N) is 1. The van der Waals surface area contributed by atoms with E-state index in [1.54, 1.807) is 40.9 Å². The van der Waals surface area contributed by atoms with E-state index in [2.05, 4.69) is 0 Å². The van der Waals surface area contributed by atoms with Crippen LogP contribution in [-0.4, -0.2) is 18.4 Å². The predicted molar refractivity (Wildman–Crippen MR) is 84.3 cm³/mol. The largest absolute Gasteiger partial charge is 0.365 e. The normalized spacial score (nSPS) is 11.7. The lowest BCUT2D eigenvalue weighted by Crippen LogP contribution is -2.48. The highest BCUT2D eigenvalue weighted by atomic mass is 16.2. The molecule has 0 unspecified atom stereocenters. The SMILES string of the molecule is CCN(C(=O)[C@@H](C)[n+]1cccc(C(N)=O)c1)c1ccccc1. The fourth-order valence-electron chi connectivity index (χ4n) is 2.31. The van der Waals surface area contributed by atoms with Crippen LogP contribution < -0.4 is 15.2 Å². The number of hydrogen-bond donors (Lipinski definition) is 1. The molecule has 22 heavy (non-hydrogen) atoms. The lowest BCUT2D eigenvalue weighted by Gasteiger charge is -2.22. The summed E-state index contributed by atoms with van der Waals surface area (Å²) in [5.74, 6) is -0.551. The fraction of sp³-hybridized carbons (Fsp3) is 0.235. The maximum atomic E-state index is 12.7. The third kappa shape index (κ3) is 3.31. The van der Waals surface area contributed by atoms with Crippen LogP contribution in [0.3, 0.4) is 0 Å². The van der Waals surface area contributed by atoms with Crippen LogP contribution in [0.1, 0.15) is 30.2 Å². The number of anilines is 1. The van der Waals surface area contributed by atoms with Gasteiger partial charge in [-0.25, -0.2) is 0 Å². The Morgan fingerprint density at radius 1 is 1.18 bits per heavy atom. The second-order valence-corrected chi connectivity index (χ2v) is 5.00. The van der Waals surface area contributed by atoms with Gasteiger partial charge >= 0.3 is 0 Å². The van der Waals surface area contributed by atoms with E-state index in [9.17, 15) is 9.59 Å². The monoisotopic (exact) mass is 298 g/mol. The van der Waals surface area contributed by atoms with E-state index in [1.807, 2.05) is 37.3 Å². The number of primary amides is 1. The van der Waals surface area contributed by atoms with Crippen LogP contribution in [0.4, 0.5) is 5.69 Å². The summed E-state index contributed by atoms with van der Waals surface area (Å²) in [5, 5.41) is 0. The molecule has 0 saturated carbocycles. The Hall–Kier alpha value is -2.69. The molecule has 1 atom stereocenters. The first-order valence-corrected chi connectivity index (χ1v) is 7.21. The third-order valence-electron chi connectivity index (χ3n) is 3.56. The van der Waals surface area contributed by atoms with E-state index in [4.69, 9.17) is 5.73 Å². The molecule has 2 N–H and O–H groups in total. The molecule has 1 aromatic heterocycles. The highest BCUT2D eigenvalue weighted by molar-refractivity contribution is 5.95. The van der Waals surface area contributed by atoms with Crippen molar-refractivity contribution in [2.45, 2.75) is 19.9 Å². The van der Waals surface area contributed by atoms with Crippen LogP contribution in [0.15, 0.2) is 54.9 Å². The topological polar surface area (TPSA) is 67.3 Å². The number of para-hydroxylation sites is 1. The van der Waals surface area contributed by atoms with Crippen LogP contribution in [-0.2, 0) is 4.79 Å². The number of likely N-dealkylation sites (N-methyl/N-ethyl adjacent to an activating group) is 1. The maximum Gasteiger partial charge on any atom is 0.295 e. The highest BCUT2D eigenvalue weighted by Gasteiger charge is 2.28. The summed E-state index contributed by atoms with van der Waals surface area (Å²) in [5.41, 5.74) is 6.52. The number of hydrogen-bond acceptors (Lipinski definition) is 2. The molecule has 0 aliphatic carbocycles. The average molecular weight is 298 g/mol. The standard InChI is InChI=1S/C17H19N3O2/c1-3-20(15-9-5-4-6-10-15)17(22)13(2)19-11-7-8-14(12-19)16(18)21/h4-13H,3H2,1-2H3,(H-,18,21)/p+1/t13-/m1/s1. The van der Waals surface area contributed by atoms with Crippen LogP contribution in [0, 0.1) is 0 Å². The Balaban J connectivity index is 2.28. The number of benzene rings is 1. The molecule has 0 bridgehead atoms. The summed E-state index contributed by atoms with van der Waals surface area (Å²) < 4.78 is 1.70. The molecule has 2 aromatic rings. The second kappa shape index (κ2) is 6.85. The van der Waals surface area contributed by atoms with Crippen molar-refractivity contribution in [1.29, 1.82) is 0 Å². The Bertz CT molecular complexity index is 671. The number of aromatic nitrogens is 1. The summed E-state index contributed by atoms with van der Waals surface area (Å²) in [6.45, 7) is 4.31. The van der Waals surface area contributed by atoms with Crippen molar-refractivity contribution in [2.75, 3.05) is 11.4 Å². The molecular weight excluding hydrogens is 278 g/mol. The van der Waals surface area contributed by atoms with Crippen molar-refractivity contribution in [3.05, 3.63) is 60.4 Å². The second-order valence-electron chi connectivity index (χ2n) is 5.00. The van der Waals surface area contributed by atoms with E-state index >= 15 is 0 Å². The number of amides is 2. The van der Waals surface area contributed by atoms with Crippen LogP contribution in [0.5, 0.6) is 0 Å². The molecule has 0 aliphatic rings. The van der Waals surface area contributed by atoms with Crippen molar-refractivity contribution < 1.29 is 14.2 Å². The number of nitrogens with zero attached hydrogens (tertiary/aromatic N) is 2. The average Bonchev–Trinajstić information content (AvgIpc) is 2.55. The summed E-state index contributed by atoms with van der Waals surface area (Å²) in [4.78, 5) is 25.7. The Kier molecular flexibility index (Phi) is 4.88. The summed E-state index contributed by atoms with van der Waals surface area (Å²) in [7, 11) is 0. The Morgan fingerprint density at radius 3 is 2.45 bits per heavy atom. The summed E-state index contributed by atoms with van der Waals surface area (Å²) in [6, 6.07) is 12.4. The maximum absolute atomic E-state index is 12.7. The number of carbonyl (C=O) groups is 2. The molecule has 5 nitrogen and oxygen atoms in total. The number of rotatable bonds is 5. The Morgan fingerprint density at radius 2 is 1.86 bits per heavy atom. The molecule has 0 saturated heterocycles. The van der Waals surface area contributed by atoms with Gasteiger partial charge in [0.15, 0.2) is 12.4 Å². The first kappa shape index (κ1) is 15.7. The first-order valence-electron chi connectivity index (χ1n) is 7.21. The van der Waals surface area contributed by atoms with Gasteiger partial charge in [-0.05, 0) is 25.1 Å². The lowest BCUT2D eigenvalue weighted by atomic mass is 10.2. The minimum Gasteiger partial charge on any atom is -0.365 e. The zero-order chi connectivity index (χ0) is 16.1. The molecule has 0 spiro atoms. The van der Waals surface area contributed by atoms with Gasteiger partial charge < -0.3 is 10.6 Å². The van der Waals surface area contributed by atoms with Gasteiger partial charge in [0, 0.05) is 25.2 Å². The van der Waals surface area contributed by atoms with E-state index in [0.29, 0.717) is 12.1 Å². The zero-order valence-electron chi connectivity index (χ0n) is 12.8. The van der Waals surface area contributed by atoms with Crippen LogP contribution >= 0.6 is 0 Å². The predicted octanol–water partition coefficient (Wildman–Crippen LogP) is 1.69. The van der Waals surface area contributed by atoms with Gasteiger partial charge in [-0.2, -0.15) is 4.57 Å². The number of pyridine rings is 1. The van der Waals surface area contributed by atoms with Gasteiger partial charge in [0.25, 0.3) is 11.8 Å². The number of carbonyl (C=O) groups excluding carboxylic acids is 2. The zero-order valence-corrected chi connectivity index (χ0v) is 12.8. The minimum atomic E-state index is -0.510. The van der Waals surface area contributed by atoms with Gasteiger partial charge in [0.1, 0.15) is 5.56 Å². The van der Waals surface area contributed by atoms with Crippen molar-refractivity contribution in [3.8, 4) is 0 Å². The molecule has 2 amide bonds. The fourth-order valence-corrected chi connectivity index (χ4v) is 2.31. The van der Waals surface area contributed by atoms with E-state index in [-0.39, 0.29) is 5.91 Å². The van der Waals surface area contributed by atoms with E-state index in [1.165, 1.54) is 0 Å². The summed E-state index contributed by atoms with van der Waals surface area (Å²) in [6.07, 6.45) is 3.36. The van der Waals surface area contributed by atoms with Crippen molar-refractivity contribution >= 4 is 17.5 Å². The lowest BCUT2D eigenvalue weighted by molar-refractivity contribution is -0.705. The highest BCUT2D eigenvalue weighted by Crippen LogP contribution is 2.16. The van der Waals surface area contributed by atoms with Crippen LogP contribution in [0.25, 0.3) is 0 Å². The molecule has 114 valence electrons. The van der Waals surface area contributed by atoms with Gasteiger partial charge in [-0.3, -0.25) is 9.59 Å². The minimum absolute atomic E-state index is 0.0414. The summed E-state index contributed by atoms with van der Waals surface area (Å²) >= 11 is 0. The van der Waals surface area contributed by atoms with Crippen molar-refractivity contribution in [3.63, 3.8) is 0 Å². The van der Waals surface area contributed by atoms with Crippen LogP contribution in [0.2, 0.25) is 0 Å². The van der Waals surface area contributed by atoms with Crippen molar-refractivity contribution in [2.24, 2.45) is 5.73 Å². The molecule has 1 aromatic carbocycles. The Labute approximate surface area is 130 Å². The molecular formula is C17H20N3O2+. The molecule has 5 heteroatoms. The first-order chi connectivity index (χ1) is 10.5. The van der Waals surface area contributed by atoms with Gasteiger partial charge in [-0.1, -0.05) is 18.2 Å². The quantitative estimate of drug-likeness (QED) is 0.854. The molecule has 2 rings (SSSR count). The van der Waals surface area contributed by atoms with E-state index < -0.39 is 11.9 Å². The molecule has 1 heterocycles. The molecule has 0 fully saturated rings.